The molecular formula is C16H19N3O3S. The average molecular weight is 333 g/mol. The number of carbonyl (C=O) groups excluding carboxylic acids is 1. The number of methoxy groups -OCH3 is 2. The van der Waals surface area contributed by atoms with Crippen LogP contribution in [0.4, 0.5) is 0 Å². The van der Waals surface area contributed by atoms with E-state index in [1.807, 2.05) is 11.5 Å². The van der Waals surface area contributed by atoms with Gasteiger partial charge in [-0.05, 0) is 25.1 Å². The van der Waals surface area contributed by atoms with E-state index in [4.69, 9.17) is 9.47 Å². The molecule has 0 saturated heterocycles. The van der Waals surface area contributed by atoms with Gasteiger partial charge < -0.3 is 14.0 Å². The van der Waals surface area contributed by atoms with Crippen LogP contribution >= 0.6 is 11.8 Å². The number of thioether (sulfide) groups is 1. The summed E-state index contributed by atoms with van der Waals surface area (Å²) in [4.78, 5) is 12.5. The quantitative estimate of drug-likeness (QED) is 0.420. The van der Waals surface area contributed by atoms with E-state index in [0.29, 0.717) is 28.8 Å². The maximum Gasteiger partial charge on any atom is 0.191 e. The lowest BCUT2D eigenvalue weighted by Gasteiger charge is -2.10. The number of hydrogen-bond acceptors (Lipinski definition) is 6. The highest BCUT2D eigenvalue weighted by Crippen LogP contribution is 2.26. The maximum absolute atomic E-state index is 12.5. The highest BCUT2D eigenvalue weighted by atomic mass is 32.2. The Balaban J connectivity index is 2.15. The summed E-state index contributed by atoms with van der Waals surface area (Å²) >= 11 is 1.34. The van der Waals surface area contributed by atoms with Crippen molar-refractivity contribution in [2.75, 3.05) is 20.0 Å². The molecule has 0 amide bonds. The van der Waals surface area contributed by atoms with E-state index < -0.39 is 0 Å². The second kappa shape index (κ2) is 7.82. The van der Waals surface area contributed by atoms with E-state index in [2.05, 4.69) is 16.8 Å². The van der Waals surface area contributed by atoms with Gasteiger partial charge in [0.05, 0.1) is 25.5 Å². The van der Waals surface area contributed by atoms with Gasteiger partial charge in [-0.25, -0.2) is 0 Å². The van der Waals surface area contributed by atoms with Crippen molar-refractivity contribution in [1.29, 1.82) is 0 Å². The second-order valence-corrected chi connectivity index (χ2v) is 5.65. The number of benzene rings is 1. The Morgan fingerprint density at radius 1 is 1.35 bits per heavy atom. The number of carbonyl (C=O) groups is 1. The van der Waals surface area contributed by atoms with Crippen LogP contribution in [-0.2, 0) is 6.54 Å². The molecule has 0 bridgehead atoms. The van der Waals surface area contributed by atoms with Crippen molar-refractivity contribution < 1.29 is 14.3 Å². The van der Waals surface area contributed by atoms with Crippen molar-refractivity contribution in [1.82, 2.24) is 14.8 Å². The summed E-state index contributed by atoms with van der Waals surface area (Å²) in [5, 5.41) is 8.82. The van der Waals surface area contributed by atoms with Gasteiger partial charge in [-0.1, -0.05) is 17.8 Å². The SMILES string of the molecule is C=CCn1c(C)nnc1SCC(=O)c1cc(OC)ccc1OC. The van der Waals surface area contributed by atoms with Crippen LogP contribution in [0.3, 0.4) is 0 Å². The number of Topliss-reactive ketones (excluding diaryl/α,β-unsaturated/α-hetero) is 1. The van der Waals surface area contributed by atoms with Crippen LogP contribution in [0.1, 0.15) is 16.2 Å². The molecule has 6 nitrogen and oxygen atoms in total. The Hall–Kier alpha value is -2.28. The molecule has 0 atom stereocenters. The lowest BCUT2D eigenvalue weighted by atomic mass is 10.1. The van der Waals surface area contributed by atoms with Crippen LogP contribution < -0.4 is 9.47 Å². The van der Waals surface area contributed by atoms with Crippen LogP contribution in [0, 0.1) is 6.92 Å². The van der Waals surface area contributed by atoms with E-state index in [0.717, 1.165) is 5.82 Å². The van der Waals surface area contributed by atoms with Gasteiger partial charge >= 0.3 is 0 Å². The molecule has 0 fully saturated rings. The number of allylic oxidation sites excluding steroid dienone is 1. The Labute approximate surface area is 139 Å². The molecule has 2 aromatic rings. The fourth-order valence-electron chi connectivity index (χ4n) is 2.05. The number of ether oxygens (including phenoxy) is 2. The molecule has 0 aliphatic heterocycles. The number of aromatic nitrogens is 3. The minimum absolute atomic E-state index is 0.0587. The molecule has 1 aromatic heterocycles. The Morgan fingerprint density at radius 3 is 2.78 bits per heavy atom. The smallest absolute Gasteiger partial charge is 0.191 e. The van der Waals surface area contributed by atoms with Gasteiger partial charge in [0, 0.05) is 6.54 Å². The number of rotatable bonds is 8. The van der Waals surface area contributed by atoms with Crippen molar-refractivity contribution in [3.8, 4) is 11.5 Å². The van der Waals surface area contributed by atoms with Crippen LogP contribution in [0.5, 0.6) is 11.5 Å². The summed E-state index contributed by atoms with van der Waals surface area (Å²) in [5.41, 5.74) is 0.492. The first-order valence-electron chi connectivity index (χ1n) is 6.99. The number of ketones is 1. The summed E-state index contributed by atoms with van der Waals surface area (Å²) < 4.78 is 12.3. The highest BCUT2D eigenvalue weighted by molar-refractivity contribution is 7.99. The molecule has 0 saturated carbocycles. The zero-order chi connectivity index (χ0) is 16.8. The molecule has 0 spiro atoms. The molecule has 1 aromatic carbocycles. The lowest BCUT2D eigenvalue weighted by Crippen LogP contribution is -2.07. The third-order valence-electron chi connectivity index (χ3n) is 3.25. The van der Waals surface area contributed by atoms with Crippen LogP contribution in [0.15, 0.2) is 36.0 Å². The number of nitrogens with zero attached hydrogens (tertiary/aromatic N) is 3. The first-order chi connectivity index (χ1) is 11.1. The largest absolute Gasteiger partial charge is 0.497 e. The van der Waals surface area contributed by atoms with Crippen molar-refractivity contribution in [2.24, 2.45) is 0 Å². The van der Waals surface area contributed by atoms with Crippen molar-refractivity contribution >= 4 is 17.5 Å². The second-order valence-electron chi connectivity index (χ2n) is 4.71. The summed E-state index contributed by atoms with van der Waals surface area (Å²) in [6.07, 6.45) is 1.77. The van der Waals surface area contributed by atoms with E-state index in [-0.39, 0.29) is 11.5 Å². The monoisotopic (exact) mass is 333 g/mol. The predicted molar refractivity (Wildman–Crippen MR) is 89.6 cm³/mol. The van der Waals surface area contributed by atoms with E-state index in [1.54, 1.807) is 31.4 Å². The van der Waals surface area contributed by atoms with Crippen LogP contribution in [0.25, 0.3) is 0 Å². The van der Waals surface area contributed by atoms with Gasteiger partial charge in [-0.2, -0.15) is 0 Å². The zero-order valence-electron chi connectivity index (χ0n) is 13.4. The zero-order valence-corrected chi connectivity index (χ0v) is 14.2. The molecule has 1 heterocycles. The number of aryl methyl sites for hydroxylation is 1. The van der Waals surface area contributed by atoms with Gasteiger partial charge in [-0.15, -0.1) is 16.8 Å². The third kappa shape index (κ3) is 3.92. The minimum atomic E-state index is -0.0587. The minimum Gasteiger partial charge on any atom is -0.497 e. The maximum atomic E-state index is 12.5. The Morgan fingerprint density at radius 2 is 2.13 bits per heavy atom. The molecule has 0 N–H and O–H groups in total. The average Bonchev–Trinajstić information content (AvgIpc) is 2.92. The predicted octanol–water partition coefficient (Wildman–Crippen LogP) is 2.76. The Bertz CT molecular complexity index is 713. The van der Waals surface area contributed by atoms with Gasteiger partial charge in [0.25, 0.3) is 0 Å². The van der Waals surface area contributed by atoms with E-state index >= 15 is 0 Å². The first-order valence-corrected chi connectivity index (χ1v) is 7.98. The van der Waals surface area contributed by atoms with E-state index in [1.165, 1.54) is 18.9 Å². The summed E-state index contributed by atoms with van der Waals surface area (Å²) in [6.45, 7) is 6.20. The molecule has 0 radical (unpaired) electrons. The molecule has 7 heteroatoms. The highest BCUT2D eigenvalue weighted by Gasteiger charge is 2.16. The topological polar surface area (TPSA) is 66.2 Å². The Kier molecular flexibility index (Phi) is 5.81. The standard InChI is InChI=1S/C16H19N3O3S/c1-5-8-19-11(2)17-18-16(19)23-10-14(20)13-9-12(21-3)6-7-15(13)22-4/h5-7,9H,1,8,10H2,2-4H3. The van der Waals surface area contributed by atoms with Gasteiger partial charge in [0.1, 0.15) is 17.3 Å². The molecule has 2 rings (SSSR count). The number of hydrogen-bond donors (Lipinski definition) is 0. The van der Waals surface area contributed by atoms with Gasteiger partial charge in [-0.3, -0.25) is 4.79 Å². The van der Waals surface area contributed by atoms with E-state index in [9.17, 15) is 4.79 Å². The lowest BCUT2D eigenvalue weighted by molar-refractivity contribution is 0.101. The molecule has 0 aliphatic carbocycles. The van der Waals surface area contributed by atoms with Crippen molar-refractivity contribution in [3.05, 3.63) is 42.2 Å². The normalized spacial score (nSPS) is 10.4. The fraction of sp³-hybridized carbons (Fsp3) is 0.312. The van der Waals surface area contributed by atoms with Gasteiger partial charge in [0.2, 0.25) is 0 Å². The summed E-state index contributed by atoms with van der Waals surface area (Å²) in [6, 6.07) is 5.16. The molecule has 0 aliphatic rings. The van der Waals surface area contributed by atoms with Crippen molar-refractivity contribution in [3.63, 3.8) is 0 Å². The summed E-state index contributed by atoms with van der Waals surface area (Å²) in [7, 11) is 3.10. The fourth-order valence-corrected chi connectivity index (χ4v) is 2.92. The molecule has 23 heavy (non-hydrogen) atoms. The van der Waals surface area contributed by atoms with Gasteiger partial charge in [0.15, 0.2) is 10.9 Å². The molecule has 122 valence electrons. The summed E-state index contributed by atoms with van der Waals surface area (Å²) in [5.74, 6) is 2.11. The third-order valence-corrected chi connectivity index (χ3v) is 4.22. The molecule has 0 unspecified atom stereocenters. The van der Waals surface area contributed by atoms with Crippen LogP contribution in [-0.4, -0.2) is 40.5 Å². The first kappa shape index (κ1) is 17.1. The van der Waals surface area contributed by atoms with Crippen molar-refractivity contribution in [2.45, 2.75) is 18.6 Å². The van der Waals surface area contributed by atoms with Crippen LogP contribution in [0.2, 0.25) is 0 Å². The molecular weight excluding hydrogens is 314 g/mol.